The maximum absolute atomic E-state index is 11.7. The third kappa shape index (κ3) is 2.25. The first-order chi connectivity index (χ1) is 3.18. The van der Waals surface area contributed by atoms with Gasteiger partial charge in [-0.25, -0.2) is 4.39 Å². The van der Waals surface area contributed by atoms with E-state index in [-0.39, 0.29) is 6.42 Å². The van der Waals surface area contributed by atoms with E-state index < -0.39 is 12.1 Å². The van der Waals surface area contributed by atoms with Crippen molar-refractivity contribution in [3.63, 3.8) is 0 Å². The molecule has 0 amide bonds. The van der Waals surface area contributed by atoms with Crippen molar-refractivity contribution in [3.8, 4) is 0 Å². The molecule has 0 bridgehead atoms. The van der Waals surface area contributed by atoms with Crippen molar-refractivity contribution in [1.82, 2.24) is 0 Å². The smallest absolute Gasteiger partial charge is 0.216 e. The van der Waals surface area contributed by atoms with Gasteiger partial charge in [-0.1, -0.05) is 6.92 Å². The van der Waals surface area contributed by atoms with E-state index >= 15 is 0 Å². The molecule has 0 aromatic heterocycles. The lowest BCUT2D eigenvalue weighted by molar-refractivity contribution is 0.387. The zero-order chi connectivity index (χ0) is 5.86. The standard InChI is InChI=1S/C4H7F2N/c1-2-3(5)4(6)7/h3,7H,2H2,1H3. The van der Waals surface area contributed by atoms with Gasteiger partial charge in [-0.05, 0) is 6.42 Å². The Morgan fingerprint density at radius 3 is 2.29 bits per heavy atom. The van der Waals surface area contributed by atoms with Crippen LogP contribution in [0.2, 0.25) is 0 Å². The highest BCUT2D eigenvalue weighted by atomic mass is 19.2. The molecule has 1 N–H and O–H groups in total. The second kappa shape index (κ2) is 2.66. The van der Waals surface area contributed by atoms with E-state index in [1.807, 2.05) is 0 Å². The summed E-state index contributed by atoms with van der Waals surface area (Å²) >= 11 is 0. The summed E-state index contributed by atoms with van der Waals surface area (Å²) in [5.41, 5.74) is 0. The van der Waals surface area contributed by atoms with Crippen molar-refractivity contribution in [2.24, 2.45) is 0 Å². The zero-order valence-electron chi connectivity index (χ0n) is 4.04. The monoisotopic (exact) mass is 107 g/mol. The van der Waals surface area contributed by atoms with Crippen LogP contribution in [0.25, 0.3) is 0 Å². The highest BCUT2D eigenvalue weighted by molar-refractivity contribution is 5.75. The van der Waals surface area contributed by atoms with Crippen LogP contribution >= 0.6 is 0 Å². The molecule has 0 saturated carbocycles. The van der Waals surface area contributed by atoms with Crippen molar-refractivity contribution >= 4 is 5.97 Å². The summed E-state index contributed by atoms with van der Waals surface area (Å²) in [4.78, 5) is 0. The Morgan fingerprint density at radius 2 is 2.29 bits per heavy atom. The number of rotatable bonds is 2. The van der Waals surface area contributed by atoms with Crippen molar-refractivity contribution in [2.45, 2.75) is 19.5 Å². The summed E-state index contributed by atoms with van der Waals surface area (Å²) in [7, 11) is 0. The van der Waals surface area contributed by atoms with Gasteiger partial charge in [-0.2, -0.15) is 4.39 Å². The van der Waals surface area contributed by atoms with Gasteiger partial charge in [0, 0.05) is 0 Å². The van der Waals surface area contributed by atoms with Gasteiger partial charge in [0.15, 0.2) is 6.17 Å². The Balaban J connectivity index is 3.34. The molecular formula is C4H7F2N. The third-order valence-electron chi connectivity index (χ3n) is 0.633. The first-order valence-electron chi connectivity index (χ1n) is 2.06. The van der Waals surface area contributed by atoms with E-state index in [0.29, 0.717) is 0 Å². The topological polar surface area (TPSA) is 23.9 Å². The van der Waals surface area contributed by atoms with Crippen LogP contribution in [0.15, 0.2) is 0 Å². The first kappa shape index (κ1) is 6.53. The fourth-order valence-corrected chi connectivity index (χ4v) is 0.179. The van der Waals surface area contributed by atoms with Crippen LogP contribution in [0.5, 0.6) is 0 Å². The van der Waals surface area contributed by atoms with Gasteiger partial charge in [-0.15, -0.1) is 0 Å². The molecule has 0 spiro atoms. The highest BCUT2D eigenvalue weighted by Crippen LogP contribution is 1.97. The predicted octanol–water partition coefficient (Wildman–Crippen LogP) is 1.68. The minimum atomic E-state index is -1.68. The molecule has 0 aromatic rings. The second-order valence-electron chi connectivity index (χ2n) is 1.22. The lowest BCUT2D eigenvalue weighted by Crippen LogP contribution is -2.06. The largest absolute Gasteiger partial charge is 0.275 e. The van der Waals surface area contributed by atoms with Crippen molar-refractivity contribution in [1.29, 1.82) is 5.41 Å². The lowest BCUT2D eigenvalue weighted by atomic mass is 10.3. The van der Waals surface area contributed by atoms with Crippen LogP contribution in [0.4, 0.5) is 8.78 Å². The van der Waals surface area contributed by atoms with Gasteiger partial charge in [0.1, 0.15) is 0 Å². The molecule has 0 aliphatic heterocycles. The molecule has 0 saturated heterocycles. The van der Waals surface area contributed by atoms with Gasteiger partial charge >= 0.3 is 0 Å². The molecule has 0 aliphatic carbocycles. The summed E-state index contributed by atoms with van der Waals surface area (Å²) in [5.74, 6) is -1.37. The molecule has 1 unspecified atom stereocenters. The number of alkyl halides is 1. The molecule has 0 rings (SSSR count). The van der Waals surface area contributed by atoms with Crippen molar-refractivity contribution < 1.29 is 8.78 Å². The Bertz CT molecular complexity index is 72.1. The van der Waals surface area contributed by atoms with Gasteiger partial charge < -0.3 is 0 Å². The number of halogens is 2. The van der Waals surface area contributed by atoms with Gasteiger partial charge in [0.25, 0.3) is 0 Å². The average Bonchev–Trinajstić information content (AvgIpc) is 1.65. The summed E-state index contributed by atoms with van der Waals surface area (Å²) in [6, 6.07) is 0. The van der Waals surface area contributed by atoms with Crippen LogP contribution in [-0.2, 0) is 0 Å². The molecule has 3 heteroatoms. The van der Waals surface area contributed by atoms with Gasteiger partial charge in [0.05, 0.1) is 0 Å². The molecule has 1 atom stereocenters. The zero-order valence-corrected chi connectivity index (χ0v) is 4.04. The lowest BCUT2D eigenvalue weighted by Gasteiger charge is -1.93. The Morgan fingerprint density at radius 1 is 1.86 bits per heavy atom. The fraction of sp³-hybridized carbons (Fsp3) is 0.750. The quantitative estimate of drug-likeness (QED) is 0.519. The van der Waals surface area contributed by atoms with E-state index in [1.165, 1.54) is 6.92 Å². The molecular weight excluding hydrogens is 100 g/mol. The molecule has 0 radical (unpaired) electrons. The fourth-order valence-electron chi connectivity index (χ4n) is 0.179. The molecule has 0 heterocycles. The number of hydrogen-bond acceptors (Lipinski definition) is 1. The van der Waals surface area contributed by atoms with E-state index in [9.17, 15) is 8.78 Å². The molecule has 0 fully saturated rings. The van der Waals surface area contributed by atoms with Crippen LogP contribution in [0.1, 0.15) is 13.3 Å². The molecule has 42 valence electrons. The van der Waals surface area contributed by atoms with Gasteiger partial charge in [0.2, 0.25) is 5.97 Å². The SMILES string of the molecule is CCC(F)C(=N)F. The Hall–Kier alpha value is -0.470. The van der Waals surface area contributed by atoms with Crippen molar-refractivity contribution in [2.75, 3.05) is 0 Å². The van der Waals surface area contributed by atoms with Crippen molar-refractivity contribution in [3.05, 3.63) is 0 Å². The first-order valence-corrected chi connectivity index (χ1v) is 2.06. The summed E-state index contributed by atoms with van der Waals surface area (Å²) in [6.07, 6.45) is -1.63. The Kier molecular flexibility index (Phi) is 2.48. The second-order valence-corrected chi connectivity index (χ2v) is 1.22. The third-order valence-corrected chi connectivity index (χ3v) is 0.633. The van der Waals surface area contributed by atoms with E-state index in [4.69, 9.17) is 5.41 Å². The predicted molar refractivity (Wildman–Crippen MR) is 24.0 cm³/mol. The Labute approximate surface area is 40.9 Å². The minimum Gasteiger partial charge on any atom is -0.275 e. The molecule has 1 nitrogen and oxygen atoms in total. The summed E-state index contributed by atoms with van der Waals surface area (Å²) in [5, 5.41) is 6.06. The molecule has 0 aromatic carbocycles. The van der Waals surface area contributed by atoms with Crippen LogP contribution in [0.3, 0.4) is 0 Å². The number of hydrogen-bond donors (Lipinski definition) is 1. The van der Waals surface area contributed by atoms with Crippen LogP contribution in [-0.4, -0.2) is 12.1 Å². The maximum atomic E-state index is 11.7. The van der Waals surface area contributed by atoms with Crippen LogP contribution in [0, 0.1) is 5.41 Å². The van der Waals surface area contributed by atoms with E-state index in [2.05, 4.69) is 0 Å². The number of nitrogens with one attached hydrogen (secondary N) is 1. The molecule has 7 heavy (non-hydrogen) atoms. The van der Waals surface area contributed by atoms with E-state index in [1.54, 1.807) is 0 Å². The average molecular weight is 107 g/mol. The van der Waals surface area contributed by atoms with Gasteiger partial charge in [-0.3, -0.25) is 5.41 Å². The van der Waals surface area contributed by atoms with Crippen LogP contribution < -0.4 is 0 Å². The molecule has 0 aliphatic rings. The minimum absolute atomic E-state index is 0.0509. The maximum Gasteiger partial charge on any atom is 0.216 e. The summed E-state index contributed by atoms with van der Waals surface area (Å²) < 4.78 is 23.0. The summed E-state index contributed by atoms with van der Waals surface area (Å²) in [6.45, 7) is 1.48. The van der Waals surface area contributed by atoms with E-state index in [0.717, 1.165) is 0 Å². The highest BCUT2D eigenvalue weighted by Gasteiger charge is 2.07. The normalized spacial score (nSPS) is 13.6.